The van der Waals surface area contributed by atoms with Gasteiger partial charge in [0.1, 0.15) is 0 Å². The lowest BCUT2D eigenvalue weighted by atomic mass is 9.82. The minimum atomic E-state index is 0.289. The highest BCUT2D eigenvalue weighted by molar-refractivity contribution is 7.80. The highest BCUT2D eigenvalue weighted by Crippen LogP contribution is 2.27. The molecule has 0 aliphatic carbocycles. The largest absolute Gasteiger partial charge is 0.381 e. The molecule has 0 aromatic heterocycles. The molecule has 1 heterocycles. The van der Waals surface area contributed by atoms with Crippen LogP contribution in [0.5, 0.6) is 0 Å². The van der Waals surface area contributed by atoms with Gasteiger partial charge in [-0.3, -0.25) is 0 Å². The van der Waals surface area contributed by atoms with Crippen molar-refractivity contribution in [3.05, 3.63) is 0 Å². The predicted molar refractivity (Wildman–Crippen MR) is 71.2 cm³/mol. The Morgan fingerprint density at radius 1 is 1.31 bits per heavy atom. The van der Waals surface area contributed by atoms with Crippen molar-refractivity contribution in [3.8, 4) is 0 Å². The molecule has 0 N–H and O–H groups in total. The first kappa shape index (κ1) is 14.3. The first-order valence-corrected chi connectivity index (χ1v) is 6.93. The second kappa shape index (κ2) is 6.87. The summed E-state index contributed by atoms with van der Waals surface area (Å²) in [5, 5.41) is 0. The van der Waals surface area contributed by atoms with E-state index >= 15 is 0 Å². The molecule has 1 saturated heterocycles. The van der Waals surface area contributed by atoms with Crippen molar-refractivity contribution >= 4 is 12.6 Å². The maximum Gasteiger partial charge on any atom is 0.0507 e. The highest BCUT2D eigenvalue weighted by Gasteiger charge is 2.24. The van der Waals surface area contributed by atoms with Crippen molar-refractivity contribution in [1.29, 1.82) is 0 Å². The minimum Gasteiger partial charge on any atom is -0.381 e. The molecule has 0 bridgehead atoms. The van der Waals surface area contributed by atoms with Gasteiger partial charge in [-0.25, -0.2) is 0 Å². The van der Waals surface area contributed by atoms with E-state index in [0.29, 0.717) is 11.8 Å². The summed E-state index contributed by atoms with van der Waals surface area (Å²) in [6, 6.07) is 0. The molecule has 16 heavy (non-hydrogen) atoms. The molecular weight excluding hydrogens is 220 g/mol. The Hall–Kier alpha value is 0.270. The lowest BCUT2D eigenvalue weighted by Gasteiger charge is -2.30. The van der Waals surface area contributed by atoms with Crippen molar-refractivity contribution in [2.75, 3.05) is 32.2 Å². The maximum atomic E-state index is 5.85. The fourth-order valence-corrected chi connectivity index (χ4v) is 2.52. The van der Waals surface area contributed by atoms with E-state index in [1.165, 1.54) is 0 Å². The molecule has 0 aromatic rings. The molecular formula is C13H26O2S. The molecule has 1 aliphatic rings. The van der Waals surface area contributed by atoms with Gasteiger partial charge < -0.3 is 9.47 Å². The summed E-state index contributed by atoms with van der Waals surface area (Å²) < 4.78 is 11.2. The predicted octanol–water partition coefficient (Wildman–Crippen LogP) is 3.02. The van der Waals surface area contributed by atoms with Gasteiger partial charge in [-0.05, 0) is 35.8 Å². The van der Waals surface area contributed by atoms with E-state index in [4.69, 9.17) is 9.47 Å². The van der Waals surface area contributed by atoms with Crippen LogP contribution in [0.1, 0.15) is 33.6 Å². The van der Waals surface area contributed by atoms with Crippen LogP contribution in [0, 0.1) is 17.3 Å². The molecule has 0 radical (unpaired) electrons. The third-order valence-corrected chi connectivity index (χ3v) is 3.90. The van der Waals surface area contributed by atoms with Crippen molar-refractivity contribution in [2.24, 2.45) is 17.3 Å². The van der Waals surface area contributed by atoms with Gasteiger partial charge in [0.15, 0.2) is 0 Å². The van der Waals surface area contributed by atoms with E-state index in [0.717, 1.165) is 45.0 Å². The fourth-order valence-electron chi connectivity index (χ4n) is 1.87. The van der Waals surface area contributed by atoms with E-state index in [-0.39, 0.29) is 5.41 Å². The quantitative estimate of drug-likeness (QED) is 0.752. The Bertz CT molecular complexity index is 183. The normalized spacial score (nSPS) is 21.0. The first-order chi connectivity index (χ1) is 7.54. The number of rotatable bonds is 5. The average molecular weight is 246 g/mol. The lowest BCUT2D eigenvalue weighted by Crippen LogP contribution is -2.28. The van der Waals surface area contributed by atoms with E-state index in [1.54, 1.807) is 0 Å². The monoisotopic (exact) mass is 246 g/mol. The molecule has 3 heteroatoms. The minimum absolute atomic E-state index is 0.289. The molecule has 96 valence electrons. The molecule has 0 amide bonds. The second-order valence-corrected chi connectivity index (χ2v) is 6.20. The van der Waals surface area contributed by atoms with E-state index in [1.807, 2.05) is 0 Å². The summed E-state index contributed by atoms with van der Waals surface area (Å²) in [6.07, 6.45) is 2.31. The SMILES string of the molecule is CC(C)(C)C(CS)COCC1CCOCC1. The lowest BCUT2D eigenvalue weighted by molar-refractivity contribution is 0.00192. The van der Waals surface area contributed by atoms with Gasteiger partial charge in [0.2, 0.25) is 0 Å². The zero-order chi connectivity index (χ0) is 12.0. The molecule has 0 saturated carbocycles. The summed E-state index contributed by atoms with van der Waals surface area (Å²) >= 11 is 4.41. The summed E-state index contributed by atoms with van der Waals surface area (Å²) in [4.78, 5) is 0. The van der Waals surface area contributed by atoms with Crippen LogP contribution in [0.25, 0.3) is 0 Å². The number of hydrogen-bond acceptors (Lipinski definition) is 3. The van der Waals surface area contributed by atoms with Crippen LogP contribution in [-0.4, -0.2) is 32.2 Å². The molecule has 1 aliphatic heterocycles. The summed E-state index contributed by atoms with van der Waals surface area (Å²) in [5.74, 6) is 2.14. The van der Waals surface area contributed by atoms with Gasteiger partial charge >= 0.3 is 0 Å². The zero-order valence-electron chi connectivity index (χ0n) is 10.9. The number of ether oxygens (including phenoxy) is 2. The van der Waals surface area contributed by atoms with Gasteiger partial charge in [0, 0.05) is 19.8 Å². The summed E-state index contributed by atoms with van der Waals surface area (Å²) in [7, 11) is 0. The van der Waals surface area contributed by atoms with Gasteiger partial charge in [-0.15, -0.1) is 0 Å². The van der Waals surface area contributed by atoms with E-state index < -0.39 is 0 Å². The van der Waals surface area contributed by atoms with Crippen LogP contribution in [0.2, 0.25) is 0 Å². The molecule has 1 atom stereocenters. The van der Waals surface area contributed by atoms with Crippen molar-refractivity contribution < 1.29 is 9.47 Å². The highest BCUT2D eigenvalue weighted by atomic mass is 32.1. The Morgan fingerprint density at radius 3 is 2.44 bits per heavy atom. The average Bonchev–Trinajstić information content (AvgIpc) is 2.24. The maximum absolute atomic E-state index is 5.85. The van der Waals surface area contributed by atoms with Crippen LogP contribution in [0.4, 0.5) is 0 Å². The Labute approximate surface area is 105 Å². The second-order valence-electron chi connectivity index (χ2n) is 5.84. The topological polar surface area (TPSA) is 18.5 Å². The van der Waals surface area contributed by atoms with Crippen molar-refractivity contribution in [3.63, 3.8) is 0 Å². The van der Waals surface area contributed by atoms with Crippen molar-refractivity contribution in [2.45, 2.75) is 33.6 Å². The number of thiol groups is 1. The van der Waals surface area contributed by atoms with Crippen LogP contribution in [0.3, 0.4) is 0 Å². The third kappa shape index (κ3) is 5.07. The fraction of sp³-hybridized carbons (Fsp3) is 1.00. The number of hydrogen-bond donors (Lipinski definition) is 1. The molecule has 1 unspecified atom stereocenters. The van der Waals surface area contributed by atoms with Gasteiger partial charge in [0.25, 0.3) is 0 Å². The Kier molecular flexibility index (Phi) is 6.16. The molecule has 1 fully saturated rings. The summed E-state index contributed by atoms with van der Waals surface area (Å²) in [6.45, 7) is 10.3. The van der Waals surface area contributed by atoms with Crippen LogP contribution < -0.4 is 0 Å². The van der Waals surface area contributed by atoms with Crippen LogP contribution in [-0.2, 0) is 9.47 Å². The van der Waals surface area contributed by atoms with Crippen molar-refractivity contribution in [1.82, 2.24) is 0 Å². The first-order valence-electron chi connectivity index (χ1n) is 6.30. The molecule has 0 spiro atoms. The molecule has 2 nitrogen and oxygen atoms in total. The van der Waals surface area contributed by atoms with Crippen LogP contribution >= 0.6 is 12.6 Å². The van der Waals surface area contributed by atoms with Gasteiger partial charge in [0.05, 0.1) is 6.61 Å². The van der Waals surface area contributed by atoms with E-state index in [2.05, 4.69) is 33.4 Å². The smallest absolute Gasteiger partial charge is 0.0507 e. The standard InChI is InChI=1S/C13H26O2S/c1-13(2,3)12(10-16)9-15-8-11-4-6-14-7-5-11/h11-12,16H,4-10H2,1-3H3. The zero-order valence-corrected chi connectivity index (χ0v) is 11.8. The van der Waals surface area contributed by atoms with Gasteiger partial charge in [-0.1, -0.05) is 20.8 Å². The van der Waals surface area contributed by atoms with E-state index in [9.17, 15) is 0 Å². The molecule has 0 aromatic carbocycles. The summed E-state index contributed by atoms with van der Waals surface area (Å²) in [5.41, 5.74) is 0.289. The third-order valence-electron chi connectivity index (χ3n) is 3.46. The van der Waals surface area contributed by atoms with Gasteiger partial charge in [-0.2, -0.15) is 12.6 Å². The molecule has 1 rings (SSSR count). The Morgan fingerprint density at radius 2 is 1.94 bits per heavy atom. The van der Waals surface area contributed by atoms with Crippen LogP contribution in [0.15, 0.2) is 0 Å². The Balaban J connectivity index is 2.17.